The maximum Gasteiger partial charge on any atom is 0.226 e. The molecule has 0 fully saturated rings. The molecule has 1 amide bonds. The molecule has 0 bridgehead atoms. The maximum atomic E-state index is 11.8. The highest BCUT2D eigenvalue weighted by Gasteiger charge is 2.15. The van der Waals surface area contributed by atoms with Crippen LogP contribution in [0.2, 0.25) is 0 Å². The summed E-state index contributed by atoms with van der Waals surface area (Å²) in [6.45, 7) is 12.5. The Morgan fingerprint density at radius 1 is 1.13 bits per heavy atom. The zero-order chi connectivity index (χ0) is 11.8. The quantitative estimate of drug-likeness (QED) is 0.635. The monoisotopic (exact) mass is 212 g/mol. The Labute approximate surface area is 95.0 Å². The number of unbranched alkanes of at least 4 members (excludes halogenated alkanes) is 1. The van der Waals surface area contributed by atoms with Gasteiger partial charge in [-0.25, -0.2) is 0 Å². The first-order valence-corrected chi connectivity index (χ1v) is 6.09. The van der Waals surface area contributed by atoms with Crippen LogP contribution in [-0.4, -0.2) is 23.9 Å². The Balaban J connectivity index is 4.14. The van der Waals surface area contributed by atoms with Crippen molar-refractivity contribution in [3.05, 3.63) is 6.42 Å². The van der Waals surface area contributed by atoms with E-state index in [4.69, 9.17) is 0 Å². The zero-order valence-corrected chi connectivity index (χ0v) is 10.9. The van der Waals surface area contributed by atoms with Crippen molar-refractivity contribution < 1.29 is 4.79 Å². The van der Waals surface area contributed by atoms with Gasteiger partial charge in [0.1, 0.15) is 0 Å². The summed E-state index contributed by atoms with van der Waals surface area (Å²) in [7, 11) is 0. The van der Waals surface area contributed by atoms with Gasteiger partial charge in [0.15, 0.2) is 0 Å². The minimum atomic E-state index is 0.208. The molecular weight excluding hydrogens is 186 g/mol. The zero-order valence-electron chi connectivity index (χ0n) is 10.9. The number of hydrogen-bond donors (Lipinski definition) is 0. The van der Waals surface area contributed by atoms with Gasteiger partial charge < -0.3 is 4.90 Å². The van der Waals surface area contributed by atoms with E-state index in [0.717, 1.165) is 25.9 Å². The second-order valence-electron chi connectivity index (χ2n) is 5.02. The smallest absolute Gasteiger partial charge is 0.226 e. The van der Waals surface area contributed by atoms with Crippen LogP contribution < -0.4 is 0 Å². The highest BCUT2D eigenvalue weighted by molar-refractivity contribution is 5.84. The van der Waals surface area contributed by atoms with Crippen molar-refractivity contribution in [1.82, 2.24) is 4.90 Å². The molecule has 0 saturated heterocycles. The van der Waals surface area contributed by atoms with Gasteiger partial charge in [0, 0.05) is 19.5 Å². The van der Waals surface area contributed by atoms with Crippen molar-refractivity contribution in [2.75, 3.05) is 13.1 Å². The standard InChI is InChI=1S/C13H26NO/c1-6-7-8-13(15)14(9-11(2)3)10-12(4)5/h8,11-12H,6-7,9-10H2,1-5H3. The van der Waals surface area contributed by atoms with Crippen LogP contribution in [0.3, 0.4) is 0 Å². The van der Waals surface area contributed by atoms with Crippen LogP contribution in [-0.2, 0) is 4.79 Å². The highest BCUT2D eigenvalue weighted by atomic mass is 16.2. The first-order chi connectivity index (χ1) is 6.97. The molecule has 0 N–H and O–H groups in total. The van der Waals surface area contributed by atoms with Crippen molar-refractivity contribution >= 4 is 5.91 Å². The molecule has 0 aliphatic carbocycles. The summed E-state index contributed by atoms with van der Waals surface area (Å²) in [4.78, 5) is 13.8. The van der Waals surface area contributed by atoms with Crippen molar-refractivity contribution in [3.63, 3.8) is 0 Å². The molecule has 89 valence electrons. The van der Waals surface area contributed by atoms with Gasteiger partial charge in [-0.1, -0.05) is 41.0 Å². The van der Waals surface area contributed by atoms with E-state index in [0.29, 0.717) is 11.8 Å². The third-order valence-electron chi connectivity index (χ3n) is 2.09. The summed E-state index contributed by atoms with van der Waals surface area (Å²) in [6.07, 6.45) is 3.76. The predicted octanol–water partition coefficient (Wildman–Crippen LogP) is 3.13. The van der Waals surface area contributed by atoms with E-state index < -0.39 is 0 Å². The third kappa shape index (κ3) is 7.40. The van der Waals surface area contributed by atoms with Crippen LogP contribution in [0.5, 0.6) is 0 Å². The molecule has 0 spiro atoms. The molecule has 2 nitrogen and oxygen atoms in total. The Hall–Kier alpha value is -0.530. The van der Waals surface area contributed by atoms with Crippen LogP contribution in [0.15, 0.2) is 0 Å². The Morgan fingerprint density at radius 2 is 1.60 bits per heavy atom. The number of hydrogen-bond acceptors (Lipinski definition) is 1. The molecule has 0 heterocycles. The van der Waals surface area contributed by atoms with E-state index in [1.165, 1.54) is 0 Å². The summed E-state index contributed by atoms with van der Waals surface area (Å²) in [5.74, 6) is 1.30. The molecule has 0 aromatic rings. The SMILES string of the molecule is CCC[CH]C(=O)N(CC(C)C)CC(C)C. The van der Waals surface area contributed by atoms with Crippen LogP contribution >= 0.6 is 0 Å². The van der Waals surface area contributed by atoms with E-state index >= 15 is 0 Å². The van der Waals surface area contributed by atoms with E-state index in [2.05, 4.69) is 34.6 Å². The van der Waals surface area contributed by atoms with Gasteiger partial charge in [-0.3, -0.25) is 4.79 Å². The molecule has 0 rings (SSSR count). The molecular formula is C13H26NO. The second-order valence-corrected chi connectivity index (χ2v) is 5.02. The Bertz CT molecular complexity index is 165. The summed E-state index contributed by atoms with van der Waals surface area (Å²) in [5.41, 5.74) is 0. The molecule has 0 saturated carbocycles. The fourth-order valence-electron chi connectivity index (χ4n) is 1.53. The largest absolute Gasteiger partial charge is 0.342 e. The molecule has 2 heteroatoms. The minimum Gasteiger partial charge on any atom is -0.342 e. The molecule has 0 unspecified atom stereocenters. The molecule has 0 atom stereocenters. The molecule has 0 aromatic heterocycles. The van der Waals surface area contributed by atoms with Crippen molar-refractivity contribution in [3.8, 4) is 0 Å². The van der Waals surface area contributed by atoms with Gasteiger partial charge >= 0.3 is 0 Å². The number of rotatable bonds is 7. The Morgan fingerprint density at radius 3 is 1.93 bits per heavy atom. The second kappa shape index (κ2) is 7.72. The lowest BCUT2D eigenvalue weighted by atomic mass is 10.1. The average molecular weight is 212 g/mol. The van der Waals surface area contributed by atoms with Crippen LogP contribution in [0, 0.1) is 18.3 Å². The highest BCUT2D eigenvalue weighted by Crippen LogP contribution is 2.07. The predicted molar refractivity (Wildman–Crippen MR) is 65.5 cm³/mol. The van der Waals surface area contributed by atoms with Crippen molar-refractivity contribution in [2.45, 2.75) is 47.5 Å². The summed E-state index contributed by atoms with van der Waals surface area (Å²) < 4.78 is 0. The minimum absolute atomic E-state index is 0.208. The lowest BCUT2D eigenvalue weighted by Crippen LogP contribution is -2.37. The first-order valence-electron chi connectivity index (χ1n) is 6.09. The molecule has 15 heavy (non-hydrogen) atoms. The molecule has 0 aliphatic rings. The topological polar surface area (TPSA) is 20.3 Å². The van der Waals surface area contributed by atoms with E-state index in [1.807, 2.05) is 11.3 Å². The average Bonchev–Trinajstić information content (AvgIpc) is 2.11. The number of carbonyl (C=O) groups is 1. The third-order valence-corrected chi connectivity index (χ3v) is 2.09. The Kier molecular flexibility index (Phi) is 7.45. The summed E-state index contributed by atoms with van der Waals surface area (Å²) >= 11 is 0. The fourth-order valence-corrected chi connectivity index (χ4v) is 1.53. The van der Waals surface area contributed by atoms with Crippen LogP contribution in [0.1, 0.15) is 47.5 Å². The van der Waals surface area contributed by atoms with Gasteiger partial charge in [0.05, 0.1) is 0 Å². The number of carbonyl (C=O) groups excluding carboxylic acids is 1. The number of amides is 1. The van der Waals surface area contributed by atoms with Crippen molar-refractivity contribution in [2.24, 2.45) is 11.8 Å². The summed E-state index contributed by atoms with van der Waals surface area (Å²) in [5, 5.41) is 0. The van der Waals surface area contributed by atoms with E-state index in [9.17, 15) is 4.79 Å². The molecule has 0 aromatic carbocycles. The normalized spacial score (nSPS) is 11.1. The number of nitrogens with zero attached hydrogens (tertiary/aromatic N) is 1. The lowest BCUT2D eigenvalue weighted by molar-refractivity contribution is -0.128. The van der Waals surface area contributed by atoms with Crippen LogP contribution in [0.25, 0.3) is 0 Å². The summed E-state index contributed by atoms with van der Waals surface area (Å²) in [6, 6.07) is 0. The van der Waals surface area contributed by atoms with E-state index in [1.54, 1.807) is 0 Å². The van der Waals surface area contributed by atoms with Gasteiger partial charge in [-0.15, -0.1) is 0 Å². The van der Waals surface area contributed by atoms with Gasteiger partial charge in [0.25, 0.3) is 0 Å². The van der Waals surface area contributed by atoms with Gasteiger partial charge in [0.2, 0.25) is 5.91 Å². The maximum absolute atomic E-state index is 11.8. The lowest BCUT2D eigenvalue weighted by Gasteiger charge is -2.26. The van der Waals surface area contributed by atoms with Gasteiger partial charge in [-0.2, -0.15) is 0 Å². The van der Waals surface area contributed by atoms with Crippen molar-refractivity contribution in [1.29, 1.82) is 0 Å². The fraction of sp³-hybridized carbons (Fsp3) is 0.846. The molecule has 1 radical (unpaired) electrons. The first kappa shape index (κ1) is 14.5. The van der Waals surface area contributed by atoms with E-state index in [-0.39, 0.29) is 5.91 Å². The molecule has 0 aliphatic heterocycles. The van der Waals surface area contributed by atoms with Crippen LogP contribution in [0.4, 0.5) is 0 Å². The van der Waals surface area contributed by atoms with Gasteiger partial charge in [-0.05, 0) is 18.3 Å².